The van der Waals surface area contributed by atoms with Crippen LogP contribution in [-0.2, 0) is 6.61 Å². The number of hydrogen-bond donors (Lipinski definition) is 0. The molecule has 0 N–H and O–H groups in total. The summed E-state index contributed by atoms with van der Waals surface area (Å²) in [6, 6.07) is 18.8. The van der Waals surface area contributed by atoms with Gasteiger partial charge in [0.25, 0.3) is 0 Å². The van der Waals surface area contributed by atoms with Gasteiger partial charge in [-0.2, -0.15) is 0 Å². The van der Waals surface area contributed by atoms with Crippen LogP contribution in [0.15, 0.2) is 71.3 Å². The molecule has 1 fully saturated rings. The highest BCUT2D eigenvalue weighted by molar-refractivity contribution is 9.10. The van der Waals surface area contributed by atoms with Gasteiger partial charge in [-0.3, -0.25) is 4.98 Å². The molecule has 0 unspecified atom stereocenters. The number of rotatable bonds is 4. The highest BCUT2D eigenvalue weighted by Gasteiger charge is 2.22. The molecule has 0 atom stereocenters. The van der Waals surface area contributed by atoms with Crippen molar-refractivity contribution in [2.45, 2.75) is 31.8 Å². The molecule has 3 aromatic rings. The molecular formula is C27H26BrClN2O. The van der Waals surface area contributed by atoms with E-state index in [0.717, 1.165) is 52.6 Å². The molecule has 2 aromatic carbocycles. The van der Waals surface area contributed by atoms with Crippen LogP contribution in [0.5, 0.6) is 5.75 Å². The van der Waals surface area contributed by atoms with Gasteiger partial charge >= 0.3 is 0 Å². The van der Waals surface area contributed by atoms with Crippen LogP contribution in [0.4, 0.5) is 0 Å². The zero-order valence-electron chi connectivity index (χ0n) is 17.9. The van der Waals surface area contributed by atoms with E-state index >= 15 is 0 Å². The highest BCUT2D eigenvalue weighted by atomic mass is 79.9. The lowest BCUT2D eigenvalue weighted by Crippen LogP contribution is -2.33. The first-order valence-corrected chi connectivity index (χ1v) is 12.4. The molecule has 0 bridgehead atoms. The number of pyridine rings is 1. The van der Waals surface area contributed by atoms with Crippen LogP contribution >= 0.6 is 27.5 Å². The van der Waals surface area contributed by atoms with Crippen molar-refractivity contribution in [3.05, 3.63) is 98.7 Å². The summed E-state index contributed by atoms with van der Waals surface area (Å²) in [6.07, 6.45) is 7.62. The summed E-state index contributed by atoms with van der Waals surface area (Å²) in [7, 11) is 0. The Balaban J connectivity index is 1.28. The van der Waals surface area contributed by atoms with Gasteiger partial charge in [0.1, 0.15) is 12.4 Å². The number of piperidine rings is 1. The molecule has 0 aliphatic carbocycles. The third-order valence-electron chi connectivity index (χ3n) is 6.50. The third kappa shape index (κ3) is 4.78. The predicted octanol–water partition coefficient (Wildman–Crippen LogP) is 7.09. The SMILES string of the molecule is Clc1ccc(C2CCN(CC/C=C3/c4ccc(Br)cc4OCc4ncccc43)CC2)cc1. The molecule has 2 aliphatic rings. The summed E-state index contributed by atoms with van der Waals surface area (Å²) in [6.45, 7) is 3.84. The molecule has 2 aliphatic heterocycles. The van der Waals surface area contributed by atoms with Crippen LogP contribution in [0.3, 0.4) is 0 Å². The van der Waals surface area contributed by atoms with E-state index in [1.165, 1.54) is 29.5 Å². The summed E-state index contributed by atoms with van der Waals surface area (Å²) in [5.41, 5.74) is 5.96. The van der Waals surface area contributed by atoms with Gasteiger partial charge < -0.3 is 9.64 Å². The summed E-state index contributed by atoms with van der Waals surface area (Å²) in [5.74, 6) is 1.55. The van der Waals surface area contributed by atoms with Crippen LogP contribution in [0.25, 0.3) is 5.57 Å². The number of halogens is 2. The monoisotopic (exact) mass is 508 g/mol. The van der Waals surface area contributed by atoms with Crippen molar-refractivity contribution in [1.29, 1.82) is 0 Å². The Bertz CT molecular complexity index is 1120. The molecule has 32 heavy (non-hydrogen) atoms. The van der Waals surface area contributed by atoms with E-state index in [0.29, 0.717) is 12.5 Å². The number of benzene rings is 2. The van der Waals surface area contributed by atoms with Crippen LogP contribution in [0.1, 0.15) is 47.6 Å². The van der Waals surface area contributed by atoms with Crippen LogP contribution in [0, 0.1) is 0 Å². The molecule has 0 amide bonds. The molecule has 3 nitrogen and oxygen atoms in total. The highest BCUT2D eigenvalue weighted by Crippen LogP contribution is 2.38. The van der Waals surface area contributed by atoms with Crippen molar-refractivity contribution >= 4 is 33.1 Å². The van der Waals surface area contributed by atoms with Gasteiger partial charge in [-0.05, 0) is 85.8 Å². The smallest absolute Gasteiger partial charge is 0.131 e. The second kappa shape index (κ2) is 9.78. The first-order chi connectivity index (χ1) is 15.7. The molecule has 0 saturated carbocycles. The number of fused-ring (bicyclic) bond motifs is 2. The molecule has 164 valence electrons. The summed E-state index contributed by atoms with van der Waals surface area (Å²) < 4.78 is 7.12. The zero-order chi connectivity index (χ0) is 21.9. The van der Waals surface area contributed by atoms with E-state index in [1.807, 2.05) is 24.4 Å². The Morgan fingerprint density at radius 1 is 1.06 bits per heavy atom. The van der Waals surface area contributed by atoms with Crippen molar-refractivity contribution in [1.82, 2.24) is 9.88 Å². The maximum atomic E-state index is 6.09. The third-order valence-corrected chi connectivity index (χ3v) is 7.25. The van der Waals surface area contributed by atoms with Gasteiger partial charge in [0.15, 0.2) is 0 Å². The van der Waals surface area contributed by atoms with Crippen LogP contribution < -0.4 is 4.74 Å². The van der Waals surface area contributed by atoms with Gasteiger partial charge in [0, 0.05) is 33.4 Å². The Morgan fingerprint density at radius 2 is 1.88 bits per heavy atom. The Labute approximate surface area is 203 Å². The fraction of sp³-hybridized carbons (Fsp3) is 0.296. The average Bonchev–Trinajstić information content (AvgIpc) is 2.97. The van der Waals surface area contributed by atoms with E-state index in [1.54, 1.807) is 0 Å². The molecule has 3 heterocycles. The number of nitrogens with zero attached hydrogens (tertiary/aromatic N) is 2. The average molecular weight is 510 g/mol. The first kappa shape index (κ1) is 21.7. The van der Waals surface area contributed by atoms with Crippen molar-refractivity contribution in [3.8, 4) is 5.75 Å². The Hall–Kier alpha value is -2.14. The lowest BCUT2D eigenvalue weighted by molar-refractivity contribution is 0.216. The van der Waals surface area contributed by atoms with Crippen molar-refractivity contribution < 1.29 is 4.74 Å². The predicted molar refractivity (Wildman–Crippen MR) is 134 cm³/mol. The second-order valence-corrected chi connectivity index (χ2v) is 9.85. The summed E-state index contributed by atoms with van der Waals surface area (Å²) in [5, 5.41) is 0.814. The topological polar surface area (TPSA) is 25.4 Å². The van der Waals surface area contributed by atoms with E-state index in [2.05, 4.69) is 68.3 Å². The molecule has 0 spiro atoms. The maximum absolute atomic E-state index is 6.09. The fourth-order valence-electron chi connectivity index (χ4n) is 4.76. The van der Waals surface area contributed by atoms with Crippen molar-refractivity contribution in [3.63, 3.8) is 0 Å². The second-order valence-electron chi connectivity index (χ2n) is 8.50. The summed E-state index contributed by atoms with van der Waals surface area (Å²) in [4.78, 5) is 7.17. The van der Waals surface area contributed by atoms with Gasteiger partial charge in [-0.1, -0.05) is 51.8 Å². The molecule has 1 saturated heterocycles. The zero-order valence-corrected chi connectivity index (χ0v) is 20.3. The van der Waals surface area contributed by atoms with Gasteiger partial charge in [0.2, 0.25) is 0 Å². The minimum absolute atomic E-state index is 0.495. The quantitative estimate of drug-likeness (QED) is 0.375. The van der Waals surface area contributed by atoms with E-state index in [4.69, 9.17) is 16.3 Å². The van der Waals surface area contributed by atoms with Crippen molar-refractivity contribution in [2.75, 3.05) is 19.6 Å². The summed E-state index contributed by atoms with van der Waals surface area (Å²) >= 11 is 9.62. The fourth-order valence-corrected chi connectivity index (χ4v) is 5.23. The number of likely N-dealkylation sites (tertiary alicyclic amines) is 1. The van der Waals surface area contributed by atoms with Crippen LogP contribution in [0.2, 0.25) is 5.02 Å². The van der Waals surface area contributed by atoms with Gasteiger partial charge in [0.05, 0.1) is 5.69 Å². The van der Waals surface area contributed by atoms with Gasteiger partial charge in [-0.15, -0.1) is 0 Å². The normalized spacial score (nSPS) is 18.0. The molecule has 5 rings (SSSR count). The minimum Gasteiger partial charge on any atom is -0.487 e. The molecular weight excluding hydrogens is 484 g/mol. The van der Waals surface area contributed by atoms with E-state index < -0.39 is 0 Å². The minimum atomic E-state index is 0.495. The van der Waals surface area contributed by atoms with E-state index in [9.17, 15) is 0 Å². The number of aromatic nitrogens is 1. The lowest BCUT2D eigenvalue weighted by Gasteiger charge is -2.32. The Kier molecular flexibility index (Phi) is 6.63. The maximum Gasteiger partial charge on any atom is 0.131 e. The van der Waals surface area contributed by atoms with Crippen LogP contribution in [-0.4, -0.2) is 29.5 Å². The van der Waals surface area contributed by atoms with E-state index in [-0.39, 0.29) is 0 Å². The number of ether oxygens (including phenoxy) is 1. The largest absolute Gasteiger partial charge is 0.487 e. The first-order valence-electron chi connectivity index (χ1n) is 11.2. The van der Waals surface area contributed by atoms with Crippen molar-refractivity contribution in [2.24, 2.45) is 0 Å². The molecule has 0 radical (unpaired) electrons. The Morgan fingerprint density at radius 3 is 2.69 bits per heavy atom. The molecule has 1 aromatic heterocycles. The molecule has 5 heteroatoms. The lowest BCUT2D eigenvalue weighted by atomic mass is 9.89. The van der Waals surface area contributed by atoms with Gasteiger partial charge in [-0.25, -0.2) is 0 Å². The number of hydrogen-bond acceptors (Lipinski definition) is 3. The standard InChI is InChI=1S/C27H26BrClN2O/c28-21-7-10-25-23(24-3-1-13-30-26(24)18-32-27(25)17-21)4-2-14-31-15-11-20(12-16-31)19-5-8-22(29)9-6-19/h1,3-10,13,17,20H,2,11-12,14-16,18H2/b23-4+.